The number of carboxylic acid groups (broad SMARTS) is 2. The number of carbonyl (C=O) groups is 17. The molecule has 3 aliphatic rings. The van der Waals surface area contributed by atoms with E-state index >= 15 is 33.6 Å². The van der Waals surface area contributed by atoms with Gasteiger partial charge in [0.2, 0.25) is 41.4 Å². The Kier molecular flexibility index (Phi) is 40.7. The summed E-state index contributed by atoms with van der Waals surface area (Å²) in [5.74, 6) is -25.3. The molecule has 3 aromatic rings. The fourth-order valence-electron chi connectivity index (χ4n) is 14.4. The quantitative estimate of drug-likeness (QED) is 0.0149. The number of primary amides is 2. The molecule has 6 rings (SSSR count). The van der Waals surface area contributed by atoms with Gasteiger partial charge in [-0.1, -0.05) is 64.8 Å². The SMILES string of the molecule is CCCCCC(=O)CCC(=O)N[C@H]1CSSC[C@@H]2NC(=O)[C@H](CCCN=C(N)N)CC(=O)[C@@H]3CCCN3C(=O)[C@H](CC(=O)O)CC(=O)[C@H]([C@@H](C)O)NC(=O)[C@@H](CC1=O)Cc1cn(nn1)CCC[C@@H](C(=O)C[C@@H](Cc1ccc(O)cc1)C(=O)O)NC(=O)[C@H](CCC(N)=O)CC(=O)[C@H](Cc1ccc(O)c(I)c1)NC(=O)[C@H](CCCNC(N)=O)CC2=O. The monoisotopic (exact) mass is 1810 g/mol. The second-order valence-corrected chi connectivity index (χ2v) is 34.2. The summed E-state index contributed by atoms with van der Waals surface area (Å²) in [6, 6.07) is -0.650. The first-order valence-corrected chi connectivity index (χ1v) is 43.4. The molecule has 2 fully saturated rings. The number of fused-ring (bicyclic) bond motifs is 11. The smallest absolute Gasteiger partial charge is 0.312 e. The molecule has 0 unspecified atom stereocenters. The number of carboxylic acids is 2. The number of guanidine groups is 1. The number of aliphatic hydroxyl groups excluding tert-OH is 1. The lowest BCUT2D eigenvalue weighted by atomic mass is 9.88. The van der Waals surface area contributed by atoms with Crippen molar-refractivity contribution in [3.8, 4) is 11.5 Å². The van der Waals surface area contributed by atoms with E-state index in [4.69, 9.17) is 22.9 Å². The number of rotatable bonds is 30. The van der Waals surface area contributed by atoms with Crippen LogP contribution >= 0.6 is 44.2 Å². The molecular weight excluding hydrogens is 1700 g/mol. The average Bonchev–Trinajstić information content (AvgIpc) is 1.73. The van der Waals surface area contributed by atoms with Crippen molar-refractivity contribution in [3.63, 3.8) is 0 Å². The number of carbonyl (C=O) groups excluding carboxylic acids is 15. The van der Waals surface area contributed by atoms with Gasteiger partial charge >= 0.3 is 18.0 Å². The molecule has 3 aliphatic heterocycles. The molecule has 4 bridgehead atoms. The second-order valence-electron chi connectivity index (χ2n) is 30.5. The maximum Gasteiger partial charge on any atom is 0.312 e. The Morgan fingerprint density at radius 3 is 1.98 bits per heavy atom. The van der Waals surface area contributed by atoms with Gasteiger partial charge in [0.15, 0.2) is 40.7 Å². The minimum atomic E-state index is -1.90. The van der Waals surface area contributed by atoms with Crippen LogP contribution in [-0.2, 0) is 103 Å². The summed E-state index contributed by atoms with van der Waals surface area (Å²) in [6.07, 6.45) is -6.82. The van der Waals surface area contributed by atoms with E-state index < -0.39 is 242 Å². The van der Waals surface area contributed by atoms with Gasteiger partial charge in [-0.05, 0) is 142 Å². The minimum absolute atomic E-state index is 0.00621. The zero-order chi connectivity index (χ0) is 87.6. The van der Waals surface area contributed by atoms with Crippen LogP contribution in [0, 0.1) is 39.1 Å². The number of ketones is 7. The Morgan fingerprint density at radius 1 is 0.672 bits per heavy atom. The molecule has 1 aromatic heterocycles. The average molecular weight is 1810 g/mol. The van der Waals surface area contributed by atoms with Gasteiger partial charge in [-0.25, -0.2) is 4.79 Å². The lowest BCUT2D eigenvalue weighted by Gasteiger charge is -2.30. The molecule has 119 heavy (non-hydrogen) atoms. The van der Waals surface area contributed by atoms with Crippen molar-refractivity contribution < 1.29 is 107 Å². The zero-order valence-corrected chi connectivity index (χ0v) is 70.5. The van der Waals surface area contributed by atoms with Crippen molar-refractivity contribution in [3.05, 3.63) is 69.1 Å². The summed E-state index contributed by atoms with van der Waals surface area (Å²) in [6.45, 7) is 2.59. The second kappa shape index (κ2) is 49.6. The van der Waals surface area contributed by atoms with Gasteiger partial charge < -0.3 is 85.3 Å². The Labute approximate surface area is 709 Å². The summed E-state index contributed by atoms with van der Waals surface area (Å²) in [5.41, 5.74) is 23.2. The fraction of sp³-hybridized carbons (Fsp3) is 0.595. The van der Waals surface area contributed by atoms with Gasteiger partial charge in [-0.2, -0.15) is 0 Å². The van der Waals surface area contributed by atoms with Gasteiger partial charge in [0.05, 0.1) is 69.8 Å². The number of benzene rings is 2. The van der Waals surface area contributed by atoms with Crippen LogP contribution in [0.15, 0.2) is 53.7 Å². The van der Waals surface area contributed by atoms with Crippen LogP contribution in [0.5, 0.6) is 11.5 Å². The number of unbranched alkanes of at least 4 members (excludes halogenated alkanes) is 2. The molecule has 13 atom stereocenters. The summed E-state index contributed by atoms with van der Waals surface area (Å²) in [5, 5.41) is 77.1. The Hall–Kier alpha value is -9.97. The number of hydrogen-bond donors (Lipinski definition) is 15. The number of aliphatic hydroxyl groups is 1. The number of nitrogens with zero attached hydrogens (tertiary/aromatic N) is 5. The lowest BCUT2D eigenvalue weighted by molar-refractivity contribution is -0.148. The van der Waals surface area contributed by atoms with Crippen LogP contribution in [0.3, 0.4) is 0 Å². The summed E-state index contributed by atoms with van der Waals surface area (Å²) in [4.78, 5) is 249. The van der Waals surface area contributed by atoms with Crippen LogP contribution in [0.2, 0.25) is 0 Å². The van der Waals surface area contributed by atoms with E-state index in [2.05, 4.69) is 47.2 Å². The molecule has 652 valence electrons. The third-order valence-electron chi connectivity index (χ3n) is 21.0. The number of phenols is 2. The molecule has 40 heteroatoms. The molecule has 2 saturated heterocycles. The molecule has 0 aliphatic carbocycles. The number of amides is 9. The van der Waals surface area contributed by atoms with Crippen molar-refractivity contribution in [1.82, 2.24) is 51.8 Å². The largest absolute Gasteiger partial charge is 0.508 e. The van der Waals surface area contributed by atoms with E-state index in [1.165, 1.54) is 53.3 Å². The van der Waals surface area contributed by atoms with E-state index in [9.17, 15) is 73.5 Å². The highest BCUT2D eigenvalue weighted by molar-refractivity contribution is 14.1. The van der Waals surface area contributed by atoms with E-state index in [0.29, 0.717) is 21.1 Å². The predicted octanol–water partition coefficient (Wildman–Crippen LogP) is 2.02. The third kappa shape index (κ3) is 33.6. The van der Waals surface area contributed by atoms with Crippen molar-refractivity contribution in [2.45, 2.75) is 230 Å². The van der Waals surface area contributed by atoms with Crippen LogP contribution in [0.4, 0.5) is 4.79 Å². The number of phenolic OH excluding ortho intramolecular Hbond substituents is 2. The minimum Gasteiger partial charge on any atom is -0.508 e. The number of aromatic hydroxyl groups is 2. The van der Waals surface area contributed by atoms with Gasteiger partial charge in [0.1, 0.15) is 23.3 Å². The predicted molar refractivity (Wildman–Crippen MR) is 442 cm³/mol. The van der Waals surface area contributed by atoms with Gasteiger partial charge in [0.25, 0.3) is 0 Å². The number of hydrogen-bond acceptors (Lipinski definition) is 25. The van der Waals surface area contributed by atoms with Gasteiger partial charge in [-0.3, -0.25) is 86.4 Å². The number of aliphatic carboxylic acids is 2. The van der Waals surface area contributed by atoms with Crippen LogP contribution < -0.4 is 54.8 Å². The topological polar surface area (TPSA) is 614 Å². The van der Waals surface area contributed by atoms with E-state index in [1.54, 1.807) is 0 Å². The van der Waals surface area contributed by atoms with Crippen LogP contribution in [-0.4, -0.2) is 225 Å². The van der Waals surface area contributed by atoms with Gasteiger partial charge in [-0.15, -0.1) is 5.10 Å². The molecule has 0 saturated carbocycles. The maximum absolute atomic E-state index is 15.6. The number of nitrogens with one attached hydrogen (secondary N) is 6. The summed E-state index contributed by atoms with van der Waals surface area (Å²) >= 11 is 1.84. The first-order chi connectivity index (χ1) is 56.5. The van der Waals surface area contributed by atoms with Crippen LogP contribution in [0.25, 0.3) is 0 Å². The molecule has 2 aromatic carbocycles. The normalized spacial score (nSPS) is 23.5. The standard InChI is InChI=1S/C79H110IN15O22S2/c1-3-4-5-12-53(97)21-24-69(107)87-58-41-118-119-42-59-64(102)33-46(11-7-26-86-79(84)117)72(110)89-57(31-45-17-22-61(99)55(80)30-45)63(101)34-48(18-23-68(81)106)74(112)88-56(62(100)38-51(77(115)116)29-44-15-19-54(98)20-16-44)13-8-27-94-40-52(92-93-94)32-49(36-65(58)103)75(113)91-71(43(2)96)67(105)37-50(39-70(108)109)76(114)95-28-9-14-60(95)66(104)35-47(73(111)90-59)10-6-25-85-78(82)83/h15-17,19-20,22,30,40,43,46-51,56-60,71,96,98-99H,3-14,18,21,23-29,31-39,41-42H2,1-2H3,(H2,81,106)(H,87,107)(H,88,112)(H,89,110)(H,90,111)(H,91,113)(H,108,109)(H,115,116)(H4,82,83,85)(H3,84,86,117)/t43-,46-,47-,48-,49-,50+,51-,56+,57+,58+,59+,60+,71+/m1/s1. The number of aromatic nitrogens is 3. The number of aryl methyl sites for hydroxylation is 1. The molecule has 0 spiro atoms. The van der Waals surface area contributed by atoms with Crippen molar-refractivity contribution >= 4 is 150 Å². The van der Waals surface area contributed by atoms with Gasteiger partial charge in [0, 0.05) is 132 Å². The van der Waals surface area contributed by atoms with Crippen molar-refractivity contribution in [1.29, 1.82) is 0 Å². The van der Waals surface area contributed by atoms with E-state index in [1.807, 2.05) is 29.5 Å². The highest BCUT2D eigenvalue weighted by Gasteiger charge is 2.43. The summed E-state index contributed by atoms with van der Waals surface area (Å²) < 4.78 is 1.58. The number of nitrogens with two attached hydrogens (primary N) is 4. The first kappa shape index (κ1) is 97.9. The van der Waals surface area contributed by atoms with Crippen molar-refractivity contribution in [2.75, 3.05) is 31.1 Å². The molecule has 4 heterocycles. The number of urea groups is 1. The lowest BCUT2D eigenvalue weighted by Crippen LogP contribution is -2.52. The van der Waals surface area contributed by atoms with Crippen molar-refractivity contribution in [2.24, 2.45) is 63.4 Å². The zero-order valence-electron chi connectivity index (χ0n) is 66.7. The van der Waals surface area contributed by atoms with E-state index in [0.717, 1.165) is 46.3 Å². The number of halogens is 1. The Morgan fingerprint density at radius 2 is 1.32 bits per heavy atom. The molecule has 9 amide bonds. The number of aliphatic imine (C=N–C) groups is 1. The molecule has 19 N–H and O–H groups in total. The molecule has 37 nitrogen and oxygen atoms in total. The highest BCUT2D eigenvalue weighted by Crippen LogP contribution is 2.32. The Bertz CT molecular complexity index is 4150. The highest BCUT2D eigenvalue weighted by atomic mass is 127. The Balaban J connectivity index is 1.59. The van der Waals surface area contributed by atoms with E-state index in [-0.39, 0.29) is 144 Å². The third-order valence-corrected chi connectivity index (χ3v) is 24.3. The number of Topliss-reactive ketones (excluding diaryl/α,β-unsaturated/α-hetero) is 7. The first-order valence-electron chi connectivity index (χ1n) is 39.9. The summed E-state index contributed by atoms with van der Waals surface area (Å²) in [7, 11) is 1.80. The fourth-order valence-corrected chi connectivity index (χ4v) is 17.4. The van der Waals surface area contributed by atoms with Crippen LogP contribution in [0.1, 0.15) is 178 Å². The molecule has 0 radical (unpaired) electrons. The molecular formula is C79H110IN15O22S2. The maximum atomic E-state index is 15.6.